The lowest BCUT2D eigenvalue weighted by molar-refractivity contribution is 0.508. The molecule has 0 nitrogen and oxygen atoms in total. The lowest BCUT2D eigenvalue weighted by atomic mass is 10.00. The molecule has 1 aliphatic rings. The first kappa shape index (κ1) is 7.66. The summed E-state index contributed by atoms with van der Waals surface area (Å²) in [4.78, 5) is 0. The molecule has 0 radical (unpaired) electrons. The van der Waals surface area contributed by atoms with E-state index in [1.54, 1.807) is 0 Å². The topological polar surface area (TPSA) is 0 Å². The number of hydrogen-bond acceptors (Lipinski definition) is 0. The van der Waals surface area contributed by atoms with Crippen LogP contribution >= 0.6 is 0 Å². The van der Waals surface area contributed by atoms with Crippen LogP contribution in [0.1, 0.15) is 34.1 Å². The Morgan fingerprint density at radius 1 is 1.40 bits per heavy atom. The molecule has 1 rings (SSSR count). The van der Waals surface area contributed by atoms with E-state index in [0.717, 1.165) is 5.92 Å². The molecule has 0 aromatic heterocycles. The molecule has 0 aromatic carbocycles. The summed E-state index contributed by atoms with van der Waals surface area (Å²) in [5.41, 5.74) is 0.568. The van der Waals surface area contributed by atoms with Crippen molar-refractivity contribution < 1.29 is 0 Å². The molecule has 2 atom stereocenters. The zero-order chi connectivity index (χ0) is 7.99. The van der Waals surface area contributed by atoms with Crippen LogP contribution in [-0.4, -0.2) is 0 Å². The standard InChI is InChI=1S/C10H16/c1-6-8-9(3,4)10(8,5)7-2/h2,8H,6H2,1,3-5H3. The summed E-state index contributed by atoms with van der Waals surface area (Å²) in [5, 5.41) is 0. The maximum atomic E-state index is 5.46. The van der Waals surface area contributed by atoms with Gasteiger partial charge in [0.05, 0.1) is 0 Å². The summed E-state index contributed by atoms with van der Waals surface area (Å²) in [7, 11) is 0. The van der Waals surface area contributed by atoms with Crippen molar-refractivity contribution in [1.82, 2.24) is 0 Å². The zero-order valence-corrected chi connectivity index (χ0v) is 7.36. The van der Waals surface area contributed by atoms with Gasteiger partial charge in [0.25, 0.3) is 0 Å². The first-order valence-corrected chi connectivity index (χ1v) is 3.98. The van der Waals surface area contributed by atoms with Crippen molar-refractivity contribution in [2.45, 2.75) is 34.1 Å². The van der Waals surface area contributed by atoms with Gasteiger partial charge in [0.1, 0.15) is 0 Å². The predicted molar refractivity (Wildman–Crippen MR) is 44.5 cm³/mol. The van der Waals surface area contributed by atoms with E-state index in [4.69, 9.17) is 6.42 Å². The van der Waals surface area contributed by atoms with Gasteiger partial charge in [-0.05, 0) is 18.3 Å². The van der Waals surface area contributed by atoms with Crippen molar-refractivity contribution in [3.8, 4) is 12.3 Å². The highest BCUT2D eigenvalue weighted by atomic mass is 14.7. The van der Waals surface area contributed by atoms with Gasteiger partial charge in [0.2, 0.25) is 0 Å². The first-order chi connectivity index (χ1) is 4.50. The van der Waals surface area contributed by atoms with Gasteiger partial charge in [0, 0.05) is 5.41 Å². The molecule has 1 saturated carbocycles. The van der Waals surface area contributed by atoms with Crippen molar-refractivity contribution in [2.24, 2.45) is 16.7 Å². The fraction of sp³-hybridized carbons (Fsp3) is 0.800. The molecule has 0 heteroatoms. The third-order valence-electron chi connectivity index (χ3n) is 3.53. The third kappa shape index (κ3) is 0.586. The zero-order valence-electron chi connectivity index (χ0n) is 7.36. The number of terminal acetylenes is 1. The number of hydrogen-bond donors (Lipinski definition) is 0. The minimum absolute atomic E-state index is 0.182. The van der Waals surface area contributed by atoms with E-state index in [9.17, 15) is 0 Å². The largest absolute Gasteiger partial charge is 0.119 e. The van der Waals surface area contributed by atoms with Crippen LogP contribution in [0.25, 0.3) is 0 Å². The molecule has 0 amide bonds. The first-order valence-electron chi connectivity index (χ1n) is 3.98. The summed E-state index contributed by atoms with van der Waals surface area (Å²) in [6, 6.07) is 0. The second kappa shape index (κ2) is 1.78. The maximum absolute atomic E-state index is 5.46. The van der Waals surface area contributed by atoms with E-state index in [1.165, 1.54) is 6.42 Å². The highest BCUT2D eigenvalue weighted by molar-refractivity contribution is 5.27. The molecule has 1 aliphatic carbocycles. The fourth-order valence-corrected chi connectivity index (χ4v) is 2.31. The van der Waals surface area contributed by atoms with Crippen LogP contribution in [0.15, 0.2) is 0 Å². The van der Waals surface area contributed by atoms with E-state index in [0.29, 0.717) is 5.41 Å². The van der Waals surface area contributed by atoms with Gasteiger partial charge in [-0.2, -0.15) is 0 Å². The lowest BCUT2D eigenvalue weighted by Gasteiger charge is -2.03. The predicted octanol–water partition coefficient (Wildman–Crippen LogP) is 2.69. The minimum atomic E-state index is 0.182. The van der Waals surface area contributed by atoms with Crippen molar-refractivity contribution in [1.29, 1.82) is 0 Å². The monoisotopic (exact) mass is 136 g/mol. The lowest BCUT2D eigenvalue weighted by Crippen LogP contribution is -1.98. The summed E-state index contributed by atoms with van der Waals surface area (Å²) < 4.78 is 0. The molecule has 0 saturated heterocycles. The highest BCUT2D eigenvalue weighted by Crippen LogP contribution is 2.69. The molecule has 0 aliphatic heterocycles. The van der Waals surface area contributed by atoms with E-state index < -0.39 is 0 Å². The van der Waals surface area contributed by atoms with Crippen LogP contribution in [0.3, 0.4) is 0 Å². The highest BCUT2D eigenvalue weighted by Gasteiger charge is 2.65. The third-order valence-corrected chi connectivity index (χ3v) is 3.53. The Kier molecular flexibility index (Phi) is 1.37. The van der Waals surface area contributed by atoms with E-state index in [1.807, 2.05) is 0 Å². The van der Waals surface area contributed by atoms with Crippen molar-refractivity contribution >= 4 is 0 Å². The molecule has 0 spiro atoms. The summed E-state index contributed by atoms with van der Waals surface area (Å²) in [6.07, 6.45) is 6.68. The van der Waals surface area contributed by atoms with Gasteiger partial charge in [-0.15, -0.1) is 6.42 Å². The van der Waals surface area contributed by atoms with E-state index in [2.05, 4.69) is 33.6 Å². The minimum Gasteiger partial charge on any atom is -0.119 e. The Balaban J connectivity index is 2.81. The maximum Gasteiger partial charge on any atom is 0.0371 e. The molecule has 1 fully saturated rings. The molecule has 0 N–H and O–H groups in total. The average molecular weight is 136 g/mol. The van der Waals surface area contributed by atoms with Crippen molar-refractivity contribution in [3.63, 3.8) is 0 Å². The Morgan fingerprint density at radius 3 is 2.00 bits per heavy atom. The summed E-state index contributed by atoms with van der Waals surface area (Å²) in [5.74, 6) is 3.65. The molecular formula is C10H16. The van der Waals surface area contributed by atoms with Crippen molar-refractivity contribution in [2.75, 3.05) is 0 Å². The molecule has 0 aromatic rings. The SMILES string of the molecule is C#CC1(C)C(CC)C1(C)C. The van der Waals surface area contributed by atoms with Gasteiger partial charge in [-0.3, -0.25) is 0 Å². The summed E-state index contributed by atoms with van der Waals surface area (Å²) in [6.45, 7) is 8.94. The van der Waals surface area contributed by atoms with Crippen LogP contribution in [-0.2, 0) is 0 Å². The van der Waals surface area contributed by atoms with Crippen molar-refractivity contribution in [3.05, 3.63) is 0 Å². The normalized spacial score (nSPS) is 42.5. The van der Waals surface area contributed by atoms with E-state index >= 15 is 0 Å². The van der Waals surface area contributed by atoms with Gasteiger partial charge in [-0.1, -0.05) is 33.1 Å². The smallest absolute Gasteiger partial charge is 0.0371 e. The Bertz CT molecular complexity index is 183. The van der Waals surface area contributed by atoms with Gasteiger partial charge < -0.3 is 0 Å². The Morgan fingerprint density at radius 2 is 1.90 bits per heavy atom. The quantitative estimate of drug-likeness (QED) is 0.486. The Labute approximate surface area is 64.0 Å². The molecule has 56 valence electrons. The molecule has 2 unspecified atom stereocenters. The van der Waals surface area contributed by atoms with Crippen LogP contribution in [0.2, 0.25) is 0 Å². The average Bonchev–Trinajstić information content (AvgIpc) is 2.29. The molecular weight excluding hydrogens is 120 g/mol. The second-order valence-corrected chi connectivity index (χ2v) is 4.03. The van der Waals surface area contributed by atoms with Crippen LogP contribution in [0.5, 0.6) is 0 Å². The fourth-order valence-electron chi connectivity index (χ4n) is 2.31. The number of rotatable bonds is 1. The van der Waals surface area contributed by atoms with Gasteiger partial charge in [0.15, 0.2) is 0 Å². The van der Waals surface area contributed by atoms with Gasteiger partial charge in [-0.25, -0.2) is 0 Å². The van der Waals surface area contributed by atoms with Crippen LogP contribution in [0.4, 0.5) is 0 Å². The molecule has 0 heterocycles. The second-order valence-electron chi connectivity index (χ2n) is 4.03. The van der Waals surface area contributed by atoms with Gasteiger partial charge >= 0.3 is 0 Å². The molecule has 10 heavy (non-hydrogen) atoms. The Hall–Kier alpha value is -0.440. The van der Waals surface area contributed by atoms with E-state index in [-0.39, 0.29) is 5.41 Å². The van der Waals surface area contributed by atoms with Crippen LogP contribution in [0, 0.1) is 29.1 Å². The van der Waals surface area contributed by atoms with Crippen LogP contribution < -0.4 is 0 Å². The summed E-state index contributed by atoms with van der Waals surface area (Å²) >= 11 is 0. The molecule has 0 bridgehead atoms.